The van der Waals surface area contributed by atoms with E-state index in [1.165, 1.54) is 29.0 Å². The van der Waals surface area contributed by atoms with Crippen molar-refractivity contribution in [1.29, 1.82) is 0 Å². The molecular weight excluding hydrogens is 359 g/mol. The van der Waals surface area contributed by atoms with Crippen molar-refractivity contribution in [1.82, 2.24) is 9.55 Å². The highest BCUT2D eigenvalue weighted by molar-refractivity contribution is 7.19. The molecule has 2 aromatic heterocycles. The summed E-state index contributed by atoms with van der Waals surface area (Å²) in [6, 6.07) is 16.5. The van der Waals surface area contributed by atoms with E-state index < -0.39 is 0 Å². The molecular formula is C22H19FN2OS. The van der Waals surface area contributed by atoms with Crippen LogP contribution >= 0.6 is 11.3 Å². The van der Waals surface area contributed by atoms with Gasteiger partial charge in [0.05, 0.1) is 11.7 Å². The lowest BCUT2D eigenvalue weighted by Gasteiger charge is -2.07. The molecule has 2 aromatic carbocycles. The molecule has 0 amide bonds. The third-order valence-corrected chi connectivity index (χ3v) is 5.71. The van der Waals surface area contributed by atoms with Crippen LogP contribution in [-0.2, 0) is 13.0 Å². The second kappa shape index (κ2) is 7.45. The number of thiophene rings is 1. The minimum atomic E-state index is -0.285. The molecule has 0 aliphatic rings. The molecule has 0 radical (unpaired) electrons. The van der Waals surface area contributed by atoms with Gasteiger partial charge in [-0.1, -0.05) is 42.5 Å². The second-order valence-corrected chi connectivity index (χ2v) is 7.76. The van der Waals surface area contributed by atoms with Gasteiger partial charge in [0.25, 0.3) is 5.56 Å². The number of benzene rings is 2. The molecule has 0 fully saturated rings. The van der Waals surface area contributed by atoms with Gasteiger partial charge in [0.2, 0.25) is 0 Å². The number of hydrogen-bond donors (Lipinski definition) is 0. The third-order valence-electron chi connectivity index (χ3n) is 4.69. The topological polar surface area (TPSA) is 34.9 Å². The van der Waals surface area contributed by atoms with E-state index in [1.807, 2.05) is 25.1 Å². The minimum absolute atomic E-state index is 0.0308. The Morgan fingerprint density at radius 3 is 2.56 bits per heavy atom. The van der Waals surface area contributed by atoms with E-state index in [1.54, 1.807) is 23.0 Å². The van der Waals surface area contributed by atoms with Crippen molar-refractivity contribution in [2.45, 2.75) is 26.3 Å². The van der Waals surface area contributed by atoms with Crippen LogP contribution in [0, 0.1) is 12.7 Å². The summed E-state index contributed by atoms with van der Waals surface area (Å²) in [6.45, 7) is 2.60. The zero-order valence-corrected chi connectivity index (χ0v) is 15.8. The SMILES string of the molecule is Cc1sc2ncn(CCCc3ccccc3)c(=O)c2c1-c1ccc(F)cc1. The third kappa shape index (κ3) is 3.55. The summed E-state index contributed by atoms with van der Waals surface area (Å²) in [4.78, 5) is 19.3. The number of halogens is 1. The Labute approximate surface area is 160 Å². The van der Waals surface area contributed by atoms with Crippen LogP contribution in [0.1, 0.15) is 16.9 Å². The molecule has 2 heterocycles. The van der Waals surface area contributed by atoms with Gasteiger partial charge in [0, 0.05) is 17.0 Å². The fraction of sp³-hybridized carbons (Fsp3) is 0.182. The van der Waals surface area contributed by atoms with Crippen molar-refractivity contribution in [2.24, 2.45) is 0 Å². The molecule has 0 unspecified atom stereocenters. The Hall–Kier alpha value is -2.79. The lowest BCUT2D eigenvalue weighted by molar-refractivity contribution is 0.618. The van der Waals surface area contributed by atoms with Crippen molar-refractivity contribution >= 4 is 21.6 Å². The van der Waals surface area contributed by atoms with Gasteiger partial charge in [-0.05, 0) is 43.0 Å². The van der Waals surface area contributed by atoms with Crippen LogP contribution < -0.4 is 5.56 Å². The smallest absolute Gasteiger partial charge is 0.262 e. The predicted molar refractivity (Wildman–Crippen MR) is 109 cm³/mol. The van der Waals surface area contributed by atoms with Crippen molar-refractivity contribution in [3.05, 3.63) is 87.5 Å². The Morgan fingerprint density at radius 1 is 1.07 bits per heavy atom. The molecule has 0 aliphatic heterocycles. The van der Waals surface area contributed by atoms with Crippen molar-refractivity contribution < 1.29 is 4.39 Å². The number of nitrogens with zero attached hydrogens (tertiary/aromatic N) is 2. The lowest BCUT2D eigenvalue weighted by Crippen LogP contribution is -2.20. The summed E-state index contributed by atoms with van der Waals surface area (Å²) < 4.78 is 15.0. The van der Waals surface area contributed by atoms with E-state index >= 15 is 0 Å². The number of fused-ring (bicyclic) bond motifs is 1. The van der Waals surface area contributed by atoms with E-state index in [0.29, 0.717) is 11.9 Å². The first-order valence-electron chi connectivity index (χ1n) is 8.92. The van der Waals surface area contributed by atoms with Gasteiger partial charge in [-0.3, -0.25) is 9.36 Å². The van der Waals surface area contributed by atoms with Crippen LogP contribution in [0.15, 0.2) is 65.7 Å². The molecule has 0 saturated carbocycles. The molecule has 0 saturated heterocycles. The van der Waals surface area contributed by atoms with E-state index in [-0.39, 0.29) is 11.4 Å². The van der Waals surface area contributed by atoms with Crippen LogP contribution in [0.2, 0.25) is 0 Å². The van der Waals surface area contributed by atoms with Crippen LogP contribution in [0.3, 0.4) is 0 Å². The standard InChI is InChI=1S/C22H19FN2OS/c1-15-19(17-9-11-18(23)12-10-17)20-21(27-15)24-14-25(22(20)26)13-5-8-16-6-3-2-4-7-16/h2-4,6-7,9-12,14H,5,8,13H2,1H3. The van der Waals surface area contributed by atoms with E-state index in [4.69, 9.17) is 0 Å². The van der Waals surface area contributed by atoms with Gasteiger partial charge >= 0.3 is 0 Å². The summed E-state index contributed by atoms with van der Waals surface area (Å²) in [6.07, 6.45) is 3.42. The molecule has 0 atom stereocenters. The number of hydrogen-bond acceptors (Lipinski definition) is 3. The molecule has 5 heteroatoms. The van der Waals surface area contributed by atoms with Gasteiger partial charge in [-0.25, -0.2) is 9.37 Å². The number of aromatic nitrogens is 2. The predicted octanol–water partition coefficient (Wildman–Crippen LogP) is 5.21. The van der Waals surface area contributed by atoms with Gasteiger partial charge < -0.3 is 0 Å². The summed E-state index contributed by atoms with van der Waals surface area (Å²) in [5, 5.41) is 0.631. The molecule has 0 N–H and O–H groups in total. The Bertz CT molecular complexity index is 1130. The summed E-state index contributed by atoms with van der Waals surface area (Å²) >= 11 is 1.50. The first kappa shape index (κ1) is 17.6. The molecule has 136 valence electrons. The first-order chi connectivity index (χ1) is 13.1. The monoisotopic (exact) mass is 378 g/mol. The molecule has 27 heavy (non-hydrogen) atoms. The molecule has 0 aliphatic carbocycles. The summed E-state index contributed by atoms with van der Waals surface area (Å²) in [7, 11) is 0. The quantitative estimate of drug-likeness (QED) is 0.478. The van der Waals surface area contributed by atoms with E-state index in [2.05, 4.69) is 17.1 Å². The maximum Gasteiger partial charge on any atom is 0.262 e. The minimum Gasteiger partial charge on any atom is -0.299 e. The molecule has 4 aromatic rings. The first-order valence-corrected chi connectivity index (χ1v) is 9.73. The average Bonchev–Trinajstić information content (AvgIpc) is 3.02. The largest absolute Gasteiger partial charge is 0.299 e. The lowest BCUT2D eigenvalue weighted by atomic mass is 10.0. The highest BCUT2D eigenvalue weighted by Gasteiger charge is 2.16. The van der Waals surface area contributed by atoms with Crippen molar-refractivity contribution in [3.8, 4) is 11.1 Å². The highest BCUT2D eigenvalue weighted by atomic mass is 32.1. The van der Waals surface area contributed by atoms with Gasteiger partial charge in [-0.2, -0.15) is 0 Å². The van der Waals surface area contributed by atoms with Crippen molar-refractivity contribution in [3.63, 3.8) is 0 Å². The van der Waals surface area contributed by atoms with Gasteiger partial charge in [-0.15, -0.1) is 11.3 Å². The zero-order valence-electron chi connectivity index (χ0n) is 15.0. The normalized spacial score (nSPS) is 11.2. The zero-order chi connectivity index (χ0) is 18.8. The van der Waals surface area contributed by atoms with Gasteiger partial charge in [0.1, 0.15) is 10.6 Å². The summed E-state index contributed by atoms with van der Waals surface area (Å²) in [5.74, 6) is -0.285. The average molecular weight is 378 g/mol. The highest BCUT2D eigenvalue weighted by Crippen LogP contribution is 2.35. The van der Waals surface area contributed by atoms with Crippen LogP contribution in [0.5, 0.6) is 0 Å². The van der Waals surface area contributed by atoms with Crippen LogP contribution in [0.4, 0.5) is 4.39 Å². The van der Waals surface area contributed by atoms with Crippen molar-refractivity contribution in [2.75, 3.05) is 0 Å². The second-order valence-electron chi connectivity index (χ2n) is 6.55. The van der Waals surface area contributed by atoms with E-state index in [9.17, 15) is 9.18 Å². The maximum atomic E-state index is 13.3. The Balaban J connectivity index is 1.67. The fourth-order valence-corrected chi connectivity index (χ4v) is 4.36. The number of rotatable bonds is 5. The molecule has 3 nitrogen and oxygen atoms in total. The molecule has 4 rings (SSSR count). The Kier molecular flexibility index (Phi) is 4.86. The maximum absolute atomic E-state index is 13.3. The van der Waals surface area contributed by atoms with Crippen LogP contribution in [0.25, 0.3) is 21.3 Å². The summed E-state index contributed by atoms with van der Waals surface area (Å²) in [5.41, 5.74) is 2.95. The van der Waals surface area contributed by atoms with Crippen LogP contribution in [-0.4, -0.2) is 9.55 Å². The van der Waals surface area contributed by atoms with Gasteiger partial charge in [0.15, 0.2) is 0 Å². The Morgan fingerprint density at radius 2 is 1.81 bits per heavy atom. The fourth-order valence-electron chi connectivity index (χ4n) is 3.36. The molecule has 0 bridgehead atoms. The molecule has 0 spiro atoms. The van der Waals surface area contributed by atoms with E-state index in [0.717, 1.165) is 33.7 Å². The number of aryl methyl sites for hydroxylation is 3.